The fourth-order valence-electron chi connectivity index (χ4n) is 10.4. The number of benzene rings is 2. The van der Waals surface area contributed by atoms with Gasteiger partial charge in [0, 0.05) is 43.2 Å². The van der Waals surface area contributed by atoms with Gasteiger partial charge in [0.2, 0.25) is 11.8 Å². The molecule has 14 heteroatoms. The van der Waals surface area contributed by atoms with E-state index in [1.54, 1.807) is 0 Å². The third kappa shape index (κ3) is 7.56. The van der Waals surface area contributed by atoms with E-state index in [-0.39, 0.29) is 54.4 Å². The average molecular weight is 842 g/mol. The van der Waals surface area contributed by atoms with Crippen LogP contribution >= 0.6 is 0 Å². The second-order valence-electron chi connectivity index (χ2n) is 18.1. The van der Waals surface area contributed by atoms with Crippen LogP contribution in [0.4, 0.5) is 4.79 Å². The number of fused-ring (bicyclic) bond motifs is 6. The van der Waals surface area contributed by atoms with Crippen LogP contribution in [-0.2, 0) is 23.9 Å². The third-order valence-electron chi connectivity index (χ3n) is 13.6. The minimum atomic E-state index is -0.952. The van der Waals surface area contributed by atoms with Crippen molar-refractivity contribution < 1.29 is 33.8 Å². The zero-order valence-electron chi connectivity index (χ0n) is 36.0. The molecular weight excluding hydrogens is 787 g/mol. The van der Waals surface area contributed by atoms with Crippen molar-refractivity contribution >= 4 is 46.2 Å². The van der Waals surface area contributed by atoms with E-state index in [0.717, 1.165) is 94.6 Å². The largest absolute Gasteiger partial charge is 0.481 e. The number of alkyl carbamates (subject to hydrolysis) is 1. The monoisotopic (exact) mass is 841 g/mol. The van der Waals surface area contributed by atoms with E-state index in [0.29, 0.717) is 19.5 Å². The highest BCUT2D eigenvalue weighted by atomic mass is 16.5. The highest BCUT2D eigenvalue weighted by molar-refractivity contribution is 6.03. The number of nitrogens with one attached hydrogen (secondary N) is 2. The molecule has 3 saturated heterocycles. The summed E-state index contributed by atoms with van der Waals surface area (Å²) in [4.78, 5) is 73.0. The maximum absolute atomic E-state index is 13.8. The lowest BCUT2D eigenvalue weighted by atomic mass is 9.82. The highest BCUT2D eigenvalue weighted by Gasteiger charge is 2.43. The average Bonchev–Trinajstić information content (AvgIpc) is 4.13. The van der Waals surface area contributed by atoms with Crippen molar-refractivity contribution in [3.05, 3.63) is 77.4 Å². The van der Waals surface area contributed by atoms with Crippen molar-refractivity contribution in [2.24, 2.45) is 22.7 Å². The number of aromatic amines is 1. The van der Waals surface area contributed by atoms with Gasteiger partial charge >= 0.3 is 12.1 Å². The molecular formula is C48H55N7O7. The lowest BCUT2D eigenvalue weighted by Crippen LogP contribution is -2.51. The van der Waals surface area contributed by atoms with Crippen molar-refractivity contribution in [2.75, 3.05) is 20.2 Å². The van der Waals surface area contributed by atoms with E-state index >= 15 is 0 Å². The number of carboxylic acid groups (broad SMARTS) is 1. The van der Waals surface area contributed by atoms with E-state index in [9.17, 15) is 24.3 Å². The van der Waals surface area contributed by atoms with Gasteiger partial charge in [0.05, 0.1) is 60.5 Å². The van der Waals surface area contributed by atoms with Crippen LogP contribution in [0.1, 0.15) is 120 Å². The van der Waals surface area contributed by atoms with Gasteiger partial charge in [-0.15, -0.1) is 0 Å². The summed E-state index contributed by atoms with van der Waals surface area (Å²) in [5, 5.41) is 12.2. The molecule has 0 aliphatic carbocycles. The molecule has 5 aliphatic heterocycles. The number of allylic oxidation sites excluding steroid dienone is 1. The van der Waals surface area contributed by atoms with Crippen LogP contribution in [0, 0.1) is 17.8 Å². The fourth-order valence-corrected chi connectivity index (χ4v) is 10.4. The smallest absolute Gasteiger partial charge is 0.407 e. The number of methoxy groups -OCH3 is 1. The predicted octanol–water partition coefficient (Wildman–Crippen LogP) is 8.17. The number of nitrogens with zero attached hydrogens (tertiary/aromatic N) is 5. The number of imidazole rings is 1. The van der Waals surface area contributed by atoms with Gasteiger partial charge in [0.1, 0.15) is 11.9 Å². The number of H-pyrrole nitrogens is 1. The van der Waals surface area contributed by atoms with Crippen LogP contribution in [-0.4, -0.2) is 91.7 Å². The molecule has 2 unspecified atom stereocenters. The lowest BCUT2D eigenvalue weighted by Gasteiger charge is -2.30. The Balaban J connectivity index is 0.928. The number of ether oxygens (including phenoxy) is 2. The Hall–Kier alpha value is -5.89. The number of hydrogen-bond acceptors (Lipinski definition) is 9. The molecule has 4 aromatic rings. The molecule has 3 amide bonds. The molecule has 2 bridgehead atoms. The van der Waals surface area contributed by atoms with Crippen LogP contribution in [0.5, 0.6) is 0 Å². The third-order valence-corrected chi connectivity index (χ3v) is 13.6. The van der Waals surface area contributed by atoms with Gasteiger partial charge in [0.15, 0.2) is 0 Å². The molecule has 324 valence electrons. The van der Waals surface area contributed by atoms with Crippen LogP contribution in [0.3, 0.4) is 0 Å². The molecule has 6 atom stereocenters. The van der Waals surface area contributed by atoms with Crippen LogP contribution in [0.25, 0.3) is 39.0 Å². The molecule has 62 heavy (non-hydrogen) atoms. The Morgan fingerprint density at radius 3 is 2.24 bits per heavy atom. The van der Waals surface area contributed by atoms with Gasteiger partial charge in [-0.2, -0.15) is 0 Å². The summed E-state index contributed by atoms with van der Waals surface area (Å²) in [5.41, 5.74) is 11.2. The number of likely N-dealkylation sites (tertiary alicyclic amines) is 2. The van der Waals surface area contributed by atoms with E-state index < -0.39 is 24.0 Å². The summed E-state index contributed by atoms with van der Waals surface area (Å²) >= 11 is 0. The van der Waals surface area contributed by atoms with Crippen LogP contribution in [0.2, 0.25) is 0 Å². The Morgan fingerprint density at radius 1 is 0.871 bits per heavy atom. The van der Waals surface area contributed by atoms with Gasteiger partial charge in [-0.05, 0) is 102 Å². The topological polar surface area (TPSA) is 179 Å². The molecule has 0 saturated carbocycles. The van der Waals surface area contributed by atoms with Crippen molar-refractivity contribution in [3.63, 3.8) is 0 Å². The summed E-state index contributed by atoms with van der Waals surface area (Å²) in [7, 11) is 1.30. The maximum atomic E-state index is 13.8. The first-order valence-electron chi connectivity index (χ1n) is 22.1. The first-order valence-corrected chi connectivity index (χ1v) is 22.1. The van der Waals surface area contributed by atoms with Gasteiger partial charge in [-0.3, -0.25) is 24.4 Å². The number of carbonyl (C=O) groups excluding carboxylic acids is 3. The molecule has 7 heterocycles. The second-order valence-corrected chi connectivity index (χ2v) is 18.1. The molecule has 2 aromatic carbocycles. The first kappa shape index (κ1) is 41.5. The Morgan fingerprint density at radius 2 is 1.56 bits per heavy atom. The minimum absolute atomic E-state index is 0.000466. The van der Waals surface area contributed by atoms with Gasteiger partial charge in [-0.1, -0.05) is 52.0 Å². The minimum Gasteiger partial charge on any atom is -0.481 e. The van der Waals surface area contributed by atoms with Crippen LogP contribution < -0.4 is 5.32 Å². The number of aliphatic imine (C=N–C) groups is 1. The number of amides is 3. The molecule has 5 aliphatic rings. The maximum Gasteiger partial charge on any atom is 0.407 e. The molecule has 3 fully saturated rings. The lowest BCUT2D eigenvalue weighted by molar-refractivity contribution is -0.145. The molecule has 9 rings (SSSR count). The number of carboxylic acids is 1. The summed E-state index contributed by atoms with van der Waals surface area (Å²) in [6, 6.07) is 13.7. The molecule has 0 spiro atoms. The normalized spacial score (nSPS) is 22.6. The standard InChI is InChI=1S/C48H55N7O7/c1-25(2)32(22-41(56)57)46(58)54-18-6-8-37(54)36-21-29(24-50-36)28-11-14-33(49-23-28)31-13-12-30(42-39-16-17-40(62-39)43(31)42)27-10-15-34-35(20-27)52-45(51-34)38-9-7-19-55(38)47(59)44(26(3)4)53-48(60)61-5/h10-15,20,23-26,32,37-40,44H,6-9,16-19,21-22H2,1-5H3,(H,51,52)(H,53,60)(H,56,57)/t32-,37-,38-,39?,40?,44-/m0/s1. The van der Waals surface area contributed by atoms with E-state index in [4.69, 9.17) is 24.4 Å². The summed E-state index contributed by atoms with van der Waals surface area (Å²) in [6.07, 6.45) is 8.86. The summed E-state index contributed by atoms with van der Waals surface area (Å²) < 4.78 is 11.4. The SMILES string of the molecule is COC(=O)N[C@H](C(=O)N1CCC[C@H]1c1nc2ccc(-c3ccc(-c4ccc(C5=CN=C([C@@H]6CCCN6C(=O)[C@@H](CC(=O)O)C(C)C)C5)cn4)c4c3C3CCC4O3)cc2[nH]1)C(C)C. The molecule has 0 radical (unpaired) electrons. The fraction of sp³-hybridized carbons (Fsp3) is 0.479. The van der Waals surface area contributed by atoms with Gasteiger partial charge in [0.25, 0.3) is 0 Å². The van der Waals surface area contributed by atoms with Gasteiger partial charge in [-0.25, -0.2) is 9.78 Å². The Kier molecular flexibility index (Phi) is 11.2. The number of aliphatic carboxylic acids is 1. The van der Waals surface area contributed by atoms with Crippen molar-refractivity contribution in [1.82, 2.24) is 30.1 Å². The first-order chi connectivity index (χ1) is 29.9. The highest BCUT2D eigenvalue weighted by Crippen LogP contribution is 2.56. The molecule has 2 aromatic heterocycles. The number of hydrogen-bond donors (Lipinski definition) is 3. The number of aromatic nitrogens is 3. The Labute approximate surface area is 361 Å². The number of rotatable bonds is 12. The van der Waals surface area contributed by atoms with Crippen molar-refractivity contribution in [1.29, 1.82) is 0 Å². The summed E-state index contributed by atoms with van der Waals surface area (Å²) in [5.74, 6) is -1.18. The predicted molar refractivity (Wildman–Crippen MR) is 234 cm³/mol. The molecule has 14 nitrogen and oxygen atoms in total. The van der Waals surface area contributed by atoms with Crippen LogP contribution in [0.15, 0.2) is 59.9 Å². The Bertz CT molecular complexity index is 2490. The summed E-state index contributed by atoms with van der Waals surface area (Å²) in [6.45, 7) is 8.84. The second kappa shape index (κ2) is 16.8. The van der Waals surface area contributed by atoms with E-state index in [1.165, 1.54) is 18.2 Å². The van der Waals surface area contributed by atoms with Crippen molar-refractivity contribution in [3.8, 4) is 22.4 Å². The zero-order valence-corrected chi connectivity index (χ0v) is 36.0. The van der Waals surface area contributed by atoms with E-state index in [1.807, 2.05) is 56.0 Å². The van der Waals surface area contributed by atoms with E-state index in [2.05, 4.69) is 46.7 Å². The zero-order chi connectivity index (χ0) is 43.4. The number of carbonyl (C=O) groups is 4. The molecule has 3 N–H and O–H groups in total. The van der Waals surface area contributed by atoms with Crippen molar-refractivity contribution in [2.45, 2.75) is 109 Å². The quantitative estimate of drug-likeness (QED) is 0.127. The number of pyridine rings is 1. The van der Waals surface area contributed by atoms with Gasteiger partial charge < -0.3 is 34.7 Å².